The van der Waals surface area contributed by atoms with Gasteiger partial charge in [-0.25, -0.2) is 8.78 Å². The van der Waals surface area contributed by atoms with E-state index in [1.165, 1.54) is 7.11 Å². The Bertz CT molecular complexity index is 373. The van der Waals surface area contributed by atoms with Crippen LogP contribution in [0.25, 0.3) is 0 Å². The van der Waals surface area contributed by atoms with Crippen molar-refractivity contribution in [3.8, 4) is 0 Å². The molecule has 0 bridgehead atoms. The number of halogens is 2. The van der Waals surface area contributed by atoms with Crippen molar-refractivity contribution in [1.29, 1.82) is 0 Å². The minimum Gasteiger partial charge on any atom is -0.382 e. The van der Waals surface area contributed by atoms with Crippen molar-refractivity contribution in [3.05, 3.63) is 29.8 Å². The maximum Gasteiger partial charge on any atom is 0.117 e. The largest absolute Gasteiger partial charge is 0.382 e. The van der Waals surface area contributed by atoms with Crippen LogP contribution in [0.2, 0.25) is 0 Å². The van der Waals surface area contributed by atoms with Crippen molar-refractivity contribution >= 4 is 5.69 Å². The van der Waals surface area contributed by atoms with Crippen molar-refractivity contribution in [2.75, 3.05) is 25.6 Å². The fourth-order valence-electron chi connectivity index (χ4n) is 2.07. The van der Waals surface area contributed by atoms with Crippen LogP contribution in [0.5, 0.6) is 0 Å². The van der Waals surface area contributed by atoms with Crippen molar-refractivity contribution in [1.82, 2.24) is 0 Å². The smallest absolute Gasteiger partial charge is 0.117 e. The van der Waals surface area contributed by atoms with Gasteiger partial charge in [0.25, 0.3) is 0 Å². The molecule has 3 atom stereocenters. The zero-order valence-corrected chi connectivity index (χ0v) is 12.1. The maximum absolute atomic E-state index is 13.4. The van der Waals surface area contributed by atoms with E-state index in [0.717, 1.165) is 17.7 Å². The number of benzene rings is 1. The molecule has 5 heteroatoms. The van der Waals surface area contributed by atoms with E-state index in [-0.39, 0.29) is 0 Å². The molecule has 0 aliphatic rings. The average molecular weight is 286 g/mol. The molecule has 1 rings (SSSR count). The summed E-state index contributed by atoms with van der Waals surface area (Å²) in [4.78, 5) is 0. The highest BCUT2D eigenvalue weighted by molar-refractivity contribution is 5.45. The molecule has 0 saturated carbocycles. The van der Waals surface area contributed by atoms with Gasteiger partial charge in [0, 0.05) is 19.3 Å². The summed E-state index contributed by atoms with van der Waals surface area (Å²) in [6.07, 6.45) is 0.0788. The Morgan fingerprint density at radius 2 is 1.95 bits per heavy atom. The number of alkyl halides is 2. The predicted octanol–water partition coefficient (Wildman–Crippen LogP) is 3.22. The molecule has 0 radical (unpaired) electrons. The van der Waals surface area contributed by atoms with Crippen molar-refractivity contribution < 1.29 is 13.5 Å². The molecular weight excluding hydrogens is 262 g/mol. The molecule has 3 unspecified atom stereocenters. The average Bonchev–Trinajstić information content (AvgIpc) is 2.47. The van der Waals surface area contributed by atoms with Gasteiger partial charge in [-0.1, -0.05) is 25.5 Å². The lowest BCUT2D eigenvalue weighted by Gasteiger charge is -2.21. The zero-order valence-electron chi connectivity index (χ0n) is 12.1. The van der Waals surface area contributed by atoms with Crippen molar-refractivity contribution in [3.63, 3.8) is 0 Å². The molecule has 1 aromatic rings. The van der Waals surface area contributed by atoms with E-state index < -0.39 is 25.0 Å². The van der Waals surface area contributed by atoms with E-state index in [9.17, 15) is 8.78 Å². The van der Waals surface area contributed by atoms with Gasteiger partial charge in [-0.2, -0.15) is 0 Å². The summed E-state index contributed by atoms with van der Waals surface area (Å²) in [5, 5.41) is 3.04. The summed E-state index contributed by atoms with van der Waals surface area (Å²) in [6, 6.07) is 6.60. The summed E-state index contributed by atoms with van der Waals surface area (Å²) >= 11 is 0. The summed E-state index contributed by atoms with van der Waals surface area (Å²) in [7, 11) is 1.50. The molecule has 0 amide bonds. The molecule has 3 N–H and O–H groups in total. The number of hydrogen-bond acceptors (Lipinski definition) is 3. The van der Waals surface area contributed by atoms with Crippen LogP contribution in [0.3, 0.4) is 0 Å². The first-order valence-corrected chi connectivity index (χ1v) is 6.94. The van der Waals surface area contributed by atoms with E-state index in [1.54, 1.807) is 0 Å². The van der Waals surface area contributed by atoms with Crippen LogP contribution in [0.15, 0.2) is 24.3 Å². The predicted molar refractivity (Wildman–Crippen MR) is 78.4 cm³/mol. The number of anilines is 1. The van der Waals surface area contributed by atoms with Crippen LogP contribution in [-0.4, -0.2) is 32.5 Å². The molecule has 0 fully saturated rings. The fraction of sp³-hybridized carbons (Fsp3) is 0.600. The summed E-state index contributed by atoms with van der Waals surface area (Å²) in [5.41, 5.74) is 7.31. The van der Waals surface area contributed by atoms with Crippen LogP contribution in [0.4, 0.5) is 14.5 Å². The Hall–Kier alpha value is -1.20. The van der Waals surface area contributed by atoms with Gasteiger partial charge in [-0.15, -0.1) is 0 Å². The quantitative estimate of drug-likeness (QED) is 0.732. The van der Waals surface area contributed by atoms with Crippen LogP contribution < -0.4 is 11.1 Å². The van der Waals surface area contributed by atoms with Gasteiger partial charge >= 0.3 is 0 Å². The van der Waals surface area contributed by atoms with Crippen LogP contribution in [0.1, 0.15) is 31.4 Å². The molecule has 1 aromatic carbocycles. The number of ether oxygens (including phenoxy) is 1. The molecular formula is C15H24F2N2O. The fourth-order valence-corrected chi connectivity index (χ4v) is 2.07. The third-order valence-corrected chi connectivity index (χ3v) is 3.19. The van der Waals surface area contributed by atoms with Crippen molar-refractivity contribution in [2.45, 2.75) is 38.1 Å². The standard InChI is InChI=1S/C15H24F2N2O/c1-3-4-12(17)10-19-13-7-5-11(6-8-13)15(20-2)14(18)9-16/h5-8,12,14-15,19H,3-4,9-10,18H2,1-2H3. The molecule has 0 aromatic heterocycles. The van der Waals surface area contributed by atoms with Gasteiger partial charge in [-0.05, 0) is 24.1 Å². The molecule has 3 nitrogen and oxygen atoms in total. The van der Waals surface area contributed by atoms with Gasteiger partial charge in [0.05, 0.1) is 12.1 Å². The second-order valence-corrected chi connectivity index (χ2v) is 4.86. The van der Waals surface area contributed by atoms with Gasteiger partial charge < -0.3 is 15.8 Å². The highest BCUT2D eigenvalue weighted by atomic mass is 19.1. The lowest BCUT2D eigenvalue weighted by atomic mass is 10.0. The van der Waals surface area contributed by atoms with Crippen molar-refractivity contribution in [2.24, 2.45) is 5.73 Å². The van der Waals surface area contributed by atoms with Crippen LogP contribution in [-0.2, 0) is 4.74 Å². The monoisotopic (exact) mass is 286 g/mol. The minimum atomic E-state index is -0.841. The SMILES string of the molecule is CCCC(F)CNc1ccc(C(OC)C(N)CF)cc1. The Morgan fingerprint density at radius 3 is 2.45 bits per heavy atom. The molecule has 0 aliphatic carbocycles. The first-order chi connectivity index (χ1) is 9.62. The van der Waals surface area contributed by atoms with E-state index in [2.05, 4.69) is 5.32 Å². The lowest BCUT2D eigenvalue weighted by Crippen LogP contribution is -2.31. The molecule has 0 heterocycles. The molecule has 0 saturated heterocycles. The Balaban J connectivity index is 2.59. The third-order valence-electron chi connectivity index (χ3n) is 3.19. The molecule has 0 aliphatic heterocycles. The number of nitrogens with one attached hydrogen (secondary N) is 1. The van der Waals surface area contributed by atoms with E-state index in [1.807, 2.05) is 31.2 Å². The second-order valence-electron chi connectivity index (χ2n) is 4.86. The highest BCUT2D eigenvalue weighted by Crippen LogP contribution is 2.22. The Kier molecular flexibility index (Phi) is 7.47. The zero-order chi connectivity index (χ0) is 15.0. The number of nitrogens with two attached hydrogens (primary N) is 1. The van der Waals surface area contributed by atoms with Gasteiger partial charge in [0.1, 0.15) is 12.8 Å². The second kappa shape index (κ2) is 8.87. The lowest BCUT2D eigenvalue weighted by molar-refractivity contribution is 0.0721. The molecule has 114 valence electrons. The van der Waals surface area contributed by atoms with Gasteiger partial charge in [-0.3, -0.25) is 0 Å². The highest BCUT2D eigenvalue weighted by Gasteiger charge is 2.19. The summed E-state index contributed by atoms with van der Waals surface area (Å²) in [5.74, 6) is 0. The van der Waals surface area contributed by atoms with Gasteiger partial charge in [0.2, 0.25) is 0 Å². The first kappa shape index (κ1) is 16.9. The maximum atomic E-state index is 13.4. The van der Waals surface area contributed by atoms with Crippen LogP contribution >= 0.6 is 0 Å². The summed E-state index contributed by atoms with van der Waals surface area (Å²) in [6.45, 7) is 1.62. The normalized spacial score (nSPS) is 15.7. The number of hydrogen-bond donors (Lipinski definition) is 2. The molecule has 0 spiro atoms. The summed E-state index contributed by atoms with van der Waals surface area (Å²) < 4.78 is 31.2. The Morgan fingerprint density at radius 1 is 1.30 bits per heavy atom. The first-order valence-electron chi connectivity index (χ1n) is 6.94. The number of methoxy groups -OCH3 is 1. The van der Waals surface area contributed by atoms with Crippen LogP contribution in [0, 0.1) is 0 Å². The topological polar surface area (TPSA) is 47.3 Å². The van der Waals surface area contributed by atoms with Gasteiger partial charge in [0.15, 0.2) is 0 Å². The van der Waals surface area contributed by atoms with E-state index in [4.69, 9.17) is 10.5 Å². The Labute approximate surface area is 119 Å². The molecule has 20 heavy (non-hydrogen) atoms. The van der Waals surface area contributed by atoms with E-state index in [0.29, 0.717) is 13.0 Å². The van der Waals surface area contributed by atoms with E-state index >= 15 is 0 Å². The minimum absolute atomic E-state index is 0.297. The number of rotatable bonds is 9. The third kappa shape index (κ3) is 5.06.